The summed E-state index contributed by atoms with van der Waals surface area (Å²) >= 11 is 0. The fraction of sp³-hybridized carbons (Fsp3) is 0.686. The number of carbonyl (C=O) groups is 3. The predicted octanol–water partition coefficient (Wildman–Crippen LogP) is 8.32. The van der Waals surface area contributed by atoms with E-state index in [1.54, 1.807) is 18.0 Å². The minimum Gasteiger partial charge on any atom is -0.503 e. The summed E-state index contributed by atoms with van der Waals surface area (Å²) in [4.78, 5) is 40.7. The van der Waals surface area contributed by atoms with E-state index in [0.29, 0.717) is 23.3 Å². The third-order valence-electron chi connectivity index (χ3n) is 9.64. The van der Waals surface area contributed by atoms with Crippen molar-refractivity contribution in [2.24, 2.45) is 17.8 Å². The minimum absolute atomic E-state index is 0.0236. The zero-order valence-corrected chi connectivity index (χ0v) is 29.7. The summed E-state index contributed by atoms with van der Waals surface area (Å²) in [5.74, 6) is 0.265. The molecule has 1 amide bonds. The van der Waals surface area contributed by atoms with E-state index in [1.165, 1.54) is 6.92 Å². The first-order valence-electron chi connectivity index (χ1n) is 16.4. The van der Waals surface area contributed by atoms with Crippen molar-refractivity contribution < 1.29 is 33.0 Å². The zero-order valence-electron chi connectivity index (χ0n) is 28.7. The van der Waals surface area contributed by atoms with Gasteiger partial charge in [-0.2, -0.15) is 0 Å². The lowest BCUT2D eigenvalue weighted by molar-refractivity contribution is -0.179. The first-order chi connectivity index (χ1) is 20.6. The predicted molar refractivity (Wildman–Crippen MR) is 174 cm³/mol. The normalized spacial score (nSPS) is 23.2. The number of hydrogen-bond donors (Lipinski definition) is 0. The summed E-state index contributed by atoms with van der Waals surface area (Å²) in [5, 5.41) is 0. The number of esters is 2. The quantitative estimate of drug-likeness (QED) is 0.170. The molecule has 0 unspecified atom stereocenters. The number of benzene rings is 1. The van der Waals surface area contributed by atoms with Crippen LogP contribution in [0.4, 0.5) is 4.79 Å². The van der Waals surface area contributed by atoms with Crippen molar-refractivity contribution in [3.63, 3.8) is 0 Å². The van der Waals surface area contributed by atoms with Gasteiger partial charge in [0, 0.05) is 26.1 Å². The average molecular weight is 630 g/mol. The average Bonchev–Trinajstić information content (AvgIpc) is 3.28. The summed E-state index contributed by atoms with van der Waals surface area (Å²) < 4.78 is 24.2. The van der Waals surface area contributed by atoms with Crippen molar-refractivity contribution >= 4 is 26.3 Å². The van der Waals surface area contributed by atoms with E-state index in [2.05, 4.69) is 62.3 Å². The molecule has 3 rings (SSSR count). The van der Waals surface area contributed by atoms with Crippen LogP contribution in [0.1, 0.15) is 106 Å². The highest BCUT2D eigenvalue weighted by Gasteiger charge is 2.49. The SMILES string of the molecule is CC(=O)O[C@H](C1=C[C@H](O[C@@H]2C[C@H](C)CC[C@H]2C(C)C)OC1=O)c1ccccc1CN(C)C(=O)O[Si](C(C)C)(C(C)C)C(C)C. The summed E-state index contributed by atoms with van der Waals surface area (Å²) in [6.45, 7) is 21.0. The van der Waals surface area contributed by atoms with Crippen molar-refractivity contribution in [1.82, 2.24) is 4.90 Å². The molecular weight excluding hydrogens is 574 g/mol. The Morgan fingerprint density at radius 2 is 1.61 bits per heavy atom. The Morgan fingerprint density at radius 3 is 2.18 bits per heavy atom. The molecule has 0 saturated heterocycles. The number of ether oxygens (including phenoxy) is 3. The maximum atomic E-state index is 13.5. The number of rotatable bonds is 12. The van der Waals surface area contributed by atoms with Crippen LogP contribution in [0.3, 0.4) is 0 Å². The molecule has 1 heterocycles. The second-order valence-electron chi connectivity index (χ2n) is 14.1. The molecule has 1 fully saturated rings. The standard InChI is InChI=1S/C35H55NO7Si/c1-21(2)28-17-16-25(9)18-31(28)41-32-19-30(34(38)42-32)33(40-26(10)37)29-15-13-12-14-27(29)20-36(11)35(39)43-44(22(3)4,23(5)6)24(7)8/h12-15,19,21-25,28,31-33H,16-18,20H2,1-11H3/t25-,28+,31-,32-,33+/m1/s1. The number of amides is 1. The fourth-order valence-electron chi connectivity index (χ4n) is 7.42. The van der Waals surface area contributed by atoms with Gasteiger partial charge in [-0.3, -0.25) is 4.79 Å². The highest BCUT2D eigenvalue weighted by molar-refractivity contribution is 6.78. The van der Waals surface area contributed by atoms with Gasteiger partial charge in [-0.25, -0.2) is 9.59 Å². The van der Waals surface area contributed by atoms with Crippen LogP contribution in [0.25, 0.3) is 0 Å². The van der Waals surface area contributed by atoms with E-state index in [4.69, 9.17) is 18.6 Å². The molecule has 1 saturated carbocycles. The largest absolute Gasteiger partial charge is 0.503 e. The van der Waals surface area contributed by atoms with Crippen LogP contribution in [0, 0.1) is 17.8 Å². The Kier molecular flexibility index (Phi) is 12.3. The zero-order chi connectivity index (χ0) is 32.9. The van der Waals surface area contributed by atoms with Crippen LogP contribution in [0.2, 0.25) is 16.6 Å². The molecule has 5 atom stereocenters. The molecule has 1 aliphatic heterocycles. The number of cyclic esters (lactones) is 1. The van der Waals surface area contributed by atoms with Gasteiger partial charge in [-0.15, -0.1) is 0 Å². The van der Waals surface area contributed by atoms with Gasteiger partial charge in [-0.1, -0.05) is 93.0 Å². The van der Waals surface area contributed by atoms with Gasteiger partial charge in [0.2, 0.25) is 6.29 Å². The highest BCUT2D eigenvalue weighted by Crippen LogP contribution is 2.43. The molecular formula is C35H55NO7Si. The molecule has 0 bridgehead atoms. The van der Waals surface area contributed by atoms with Crippen LogP contribution in [-0.2, 0) is 34.8 Å². The van der Waals surface area contributed by atoms with Crippen molar-refractivity contribution in [3.05, 3.63) is 47.0 Å². The summed E-state index contributed by atoms with van der Waals surface area (Å²) in [7, 11) is -0.734. The Labute approximate surface area is 266 Å². The Morgan fingerprint density at radius 1 is 1.00 bits per heavy atom. The van der Waals surface area contributed by atoms with E-state index in [-0.39, 0.29) is 40.9 Å². The molecule has 1 aliphatic carbocycles. The first kappa shape index (κ1) is 35.8. The lowest BCUT2D eigenvalue weighted by Crippen LogP contribution is -2.51. The lowest BCUT2D eigenvalue weighted by atomic mass is 9.75. The monoisotopic (exact) mass is 629 g/mol. The molecule has 8 nitrogen and oxygen atoms in total. The smallest absolute Gasteiger partial charge is 0.396 e. The molecule has 2 aliphatic rings. The highest BCUT2D eigenvalue weighted by atomic mass is 28.4. The fourth-order valence-corrected chi connectivity index (χ4v) is 12.6. The second kappa shape index (κ2) is 15.1. The summed E-state index contributed by atoms with van der Waals surface area (Å²) in [5.41, 5.74) is 2.33. The topological polar surface area (TPSA) is 91.4 Å². The van der Waals surface area contributed by atoms with Gasteiger partial charge in [-0.05, 0) is 58.9 Å². The Balaban J connectivity index is 1.88. The molecule has 1 aromatic carbocycles. The van der Waals surface area contributed by atoms with Gasteiger partial charge in [0.1, 0.15) is 0 Å². The van der Waals surface area contributed by atoms with Crippen molar-refractivity contribution in [1.29, 1.82) is 0 Å². The van der Waals surface area contributed by atoms with E-state index < -0.39 is 32.6 Å². The van der Waals surface area contributed by atoms with Crippen molar-refractivity contribution in [2.75, 3.05) is 7.05 Å². The second-order valence-corrected chi connectivity index (χ2v) is 19.5. The molecule has 0 radical (unpaired) electrons. The van der Waals surface area contributed by atoms with Gasteiger partial charge in [0.25, 0.3) is 8.32 Å². The van der Waals surface area contributed by atoms with Gasteiger partial charge >= 0.3 is 18.0 Å². The molecule has 0 N–H and O–H groups in total. The van der Waals surface area contributed by atoms with Crippen molar-refractivity contribution in [2.45, 2.75) is 130 Å². The molecule has 246 valence electrons. The van der Waals surface area contributed by atoms with Gasteiger partial charge < -0.3 is 23.5 Å². The molecule has 44 heavy (non-hydrogen) atoms. The molecule has 1 aromatic rings. The lowest BCUT2D eigenvalue weighted by Gasteiger charge is -2.42. The number of nitrogens with zero attached hydrogens (tertiary/aromatic N) is 1. The Bertz CT molecular complexity index is 1170. The minimum atomic E-state index is -2.45. The number of hydrogen-bond acceptors (Lipinski definition) is 7. The van der Waals surface area contributed by atoms with Crippen LogP contribution in [0.15, 0.2) is 35.9 Å². The van der Waals surface area contributed by atoms with Crippen LogP contribution >= 0.6 is 0 Å². The molecule has 9 heteroatoms. The van der Waals surface area contributed by atoms with E-state index >= 15 is 0 Å². The third-order valence-corrected chi connectivity index (χ3v) is 15.6. The molecule has 0 spiro atoms. The maximum absolute atomic E-state index is 13.5. The summed E-state index contributed by atoms with van der Waals surface area (Å²) in [6.07, 6.45) is 2.55. The van der Waals surface area contributed by atoms with E-state index in [0.717, 1.165) is 24.8 Å². The van der Waals surface area contributed by atoms with E-state index in [9.17, 15) is 14.4 Å². The van der Waals surface area contributed by atoms with Crippen LogP contribution in [-0.4, -0.2) is 50.7 Å². The number of carbonyl (C=O) groups excluding carboxylic acids is 3. The third kappa shape index (κ3) is 8.13. The van der Waals surface area contributed by atoms with Crippen LogP contribution in [0.5, 0.6) is 0 Å². The van der Waals surface area contributed by atoms with Gasteiger partial charge in [0.15, 0.2) is 6.10 Å². The van der Waals surface area contributed by atoms with E-state index in [1.807, 2.05) is 24.3 Å². The Hall–Kier alpha value is -2.65. The van der Waals surface area contributed by atoms with Gasteiger partial charge in [0.05, 0.1) is 11.7 Å². The first-order valence-corrected chi connectivity index (χ1v) is 18.5. The molecule has 0 aromatic heterocycles. The summed E-state index contributed by atoms with van der Waals surface area (Å²) in [6, 6.07) is 7.38. The van der Waals surface area contributed by atoms with Crippen molar-refractivity contribution in [3.8, 4) is 0 Å². The van der Waals surface area contributed by atoms with Crippen LogP contribution < -0.4 is 0 Å². The maximum Gasteiger partial charge on any atom is 0.396 e.